The maximum absolute atomic E-state index is 13.6. The minimum Gasteiger partial charge on any atom is -0.336 e. The molecule has 0 spiro atoms. The zero-order valence-electron chi connectivity index (χ0n) is 18.0. The first-order valence-electron chi connectivity index (χ1n) is 10.9. The summed E-state index contributed by atoms with van der Waals surface area (Å²) in [5.41, 5.74) is 2.33. The minimum absolute atomic E-state index is 0.00546. The molecule has 3 rings (SSSR count). The summed E-state index contributed by atoms with van der Waals surface area (Å²) in [6, 6.07) is 20.0. The number of hydrogen-bond donors (Lipinski definition) is 0. The van der Waals surface area contributed by atoms with Crippen molar-refractivity contribution in [2.45, 2.75) is 45.7 Å². The Morgan fingerprint density at radius 2 is 1.60 bits per heavy atom. The van der Waals surface area contributed by atoms with E-state index in [1.54, 1.807) is 11.8 Å². The molecule has 1 aliphatic heterocycles. The van der Waals surface area contributed by atoms with Crippen molar-refractivity contribution in [3.05, 3.63) is 71.8 Å². The molecule has 0 saturated carbocycles. The van der Waals surface area contributed by atoms with Crippen molar-refractivity contribution in [2.75, 3.05) is 18.2 Å². The van der Waals surface area contributed by atoms with Crippen LogP contribution in [0.5, 0.6) is 0 Å². The molecule has 2 amide bonds. The first kappa shape index (κ1) is 22.4. The second-order valence-electron chi connectivity index (χ2n) is 7.82. The first-order valence-corrected chi connectivity index (χ1v) is 12.0. The van der Waals surface area contributed by atoms with Crippen LogP contribution in [0.3, 0.4) is 0 Å². The highest BCUT2D eigenvalue weighted by atomic mass is 32.2. The number of amides is 2. The van der Waals surface area contributed by atoms with E-state index in [0.29, 0.717) is 24.7 Å². The van der Waals surface area contributed by atoms with Gasteiger partial charge in [0.15, 0.2) is 0 Å². The lowest BCUT2D eigenvalue weighted by molar-refractivity contribution is -0.146. The highest BCUT2D eigenvalue weighted by molar-refractivity contribution is 7.99. The van der Waals surface area contributed by atoms with Gasteiger partial charge in [0.05, 0.1) is 5.88 Å². The fraction of sp³-hybridized carbons (Fsp3) is 0.440. The molecule has 1 aliphatic rings. The van der Waals surface area contributed by atoms with Gasteiger partial charge in [-0.15, -0.1) is 11.8 Å². The third-order valence-corrected chi connectivity index (χ3v) is 6.84. The zero-order valence-corrected chi connectivity index (χ0v) is 18.8. The third kappa shape index (κ3) is 5.66. The van der Waals surface area contributed by atoms with E-state index >= 15 is 0 Å². The molecule has 1 unspecified atom stereocenters. The van der Waals surface area contributed by atoms with Crippen LogP contribution in [0.1, 0.15) is 37.8 Å². The second-order valence-corrected chi connectivity index (χ2v) is 8.82. The Morgan fingerprint density at radius 3 is 2.20 bits per heavy atom. The van der Waals surface area contributed by atoms with Crippen molar-refractivity contribution in [2.24, 2.45) is 5.92 Å². The number of rotatable bonds is 9. The van der Waals surface area contributed by atoms with Crippen LogP contribution in [0.25, 0.3) is 0 Å². The normalized spacial score (nSPS) is 16.1. The highest BCUT2D eigenvalue weighted by Gasteiger charge is 2.38. The van der Waals surface area contributed by atoms with Gasteiger partial charge in [0, 0.05) is 24.8 Å². The van der Waals surface area contributed by atoms with E-state index in [1.165, 1.54) is 5.56 Å². The second kappa shape index (κ2) is 11.2. The van der Waals surface area contributed by atoms with E-state index in [1.807, 2.05) is 60.0 Å². The van der Waals surface area contributed by atoms with Gasteiger partial charge in [-0.3, -0.25) is 9.59 Å². The molecule has 0 bridgehead atoms. The molecule has 5 heteroatoms. The fourth-order valence-corrected chi connectivity index (χ4v) is 5.08. The lowest BCUT2D eigenvalue weighted by atomic mass is 10.0. The average molecular weight is 425 g/mol. The van der Waals surface area contributed by atoms with Crippen LogP contribution in [-0.4, -0.2) is 45.8 Å². The summed E-state index contributed by atoms with van der Waals surface area (Å²) in [6.45, 7) is 5.31. The molecule has 1 saturated heterocycles. The largest absolute Gasteiger partial charge is 0.336 e. The van der Waals surface area contributed by atoms with Gasteiger partial charge in [0.2, 0.25) is 11.8 Å². The SMILES string of the molecule is CCC(CC)C(=O)N1CSCC1C(=O)N(CCc1ccccc1)Cc1ccccc1. The van der Waals surface area contributed by atoms with Gasteiger partial charge in [-0.25, -0.2) is 0 Å². The van der Waals surface area contributed by atoms with E-state index in [4.69, 9.17) is 0 Å². The summed E-state index contributed by atoms with van der Waals surface area (Å²) in [7, 11) is 0. The van der Waals surface area contributed by atoms with Gasteiger partial charge in [0.25, 0.3) is 0 Å². The Balaban J connectivity index is 1.76. The standard InChI is InChI=1S/C25H32N2O2S/c1-3-22(4-2)24(28)27-19-30-18-23(27)25(29)26(17-21-13-9-6-10-14-21)16-15-20-11-7-5-8-12-20/h5-14,22-23H,3-4,15-19H2,1-2H3. The molecular weight excluding hydrogens is 392 g/mol. The van der Waals surface area contributed by atoms with E-state index in [9.17, 15) is 9.59 Å². The van der Waals surface area contributed by atoms with Gasteiger partial charge >= 0.3 is 0 Å². The van der Waals surface area contributed by atoms with E-state index in [2.05, 4.69) is 24.3 Å². The molecule has 0 aromatic heterocycles. The number of hydrogen-bond acceptors (Lipinski definition) is 3. The average Bonchev–Trinajstić information content (AvgIpc) is 3.28. The summed E-state index contributed by atoms with van der Waals surface area (Å²) < 4.78 is 0. The summed E-state index contributed by atoms with van der Waals surface area (Å²) in [5, 5.41) is 0. The molecular formula is C25H32N2O2S. The summed E-state index contributed by atoms with van der Waals surface area (Å²) >= 11 is 1.68. The number of carbonyl (C=O) groups is 2. The minimum atomic E-state index is -0.359. The summed E-state index contributed by atoms with van der Waals surface area (Å²) in [5.74, 6) is 1.50. The van der Waals surface area contributed by atoms with Crippen molar-refractivity contribution in [3.8, 4) is 0 Å². The van der Waals surface area contributed by atoms with Crippen molar-refractivity contribution in [1.82, 2.24) is 9.80 Å². The van der Waals surface area contributed by atoms with Crippen LogP contribution in [0, 0.1) is 5.92 Å². The zero-order chi connectivity index (χ0) is 21.3. The van der Waals surface area contributed by atoms with Crippen LogP contribution in [-0.2, 0) is 22.6 Å². The maximum atomic E-state index is 13.6. The Hall–Kier alpha value is -2.27. The van der Waals surface area contributed by atoms with E-state index in [-0.39, 0.29) is 23.8 Å². The summed E-state index contributed by atoms with van der Waals surface area (Å²) in [4.78, 5) is 30.4. The van der Waals surface area contributed by atoms with Crippen molar-refractivity contribution >= 4 is 23.6 Å². The third-order valence-electron chi connectivity index (χ3n) is 5.83. The van der Waals surface area contributed by atoms with Crippen LogP contribution in [0.4, 0.5) is 0 Å². The highest BCUT2D eigenvalue weighted by Crippen LogP contribution is 2.27. The first-order chi connectivity index (χ1) is 14.6. The Labute approximate surface area is 184 Å². The van der Waals surface area contributed by atoms with Crippen LogP contribution >= 0.6 is 11.8 Å². The number of benzene rings is 2. The molecule has 0 radical (unpaired) electrons. The van der Waals surface area contributed by atoms with Gasteiger partial charge in [-0.05, 0) is 30.4 Å². The van der Waals surface area contributed by atoms with E-state index in [0.717, 1.165) is 24.8 Å². The molecule has 2 aromatic carbocycles. The lowest BCUT2D eigenvalue weighted by Gasteiger charge is -2.31. The molecule has 30 heavy (non-hydrogen) atoms. The number of nitrogens with zero attached hydrogens (tertiary/aromatic N) is 2. The fourth-order valence-electron chi connectivity index (χ4n) is 3.93. The Morgan fingerprint density at radius 1 is 1.00 bits per heavy atom. The number of thioether (sulfide) groups is 1. The van der Waals surface area contributed by atoms with Gasteiger partial charge < -0.3 is 9.80 Å². The van der Waals surface area contributed by atoms with Gasteiger partial charge in [0.1, 0.15) is 6.04 Å². The van der Waals surface area contributed by atoms with Crippen molar-refractivity contribution < 1.29 is 9.59 Å². The molecule has 1 heterocycles. The smallest absolute Gasteiger partial charge is 0.246 e. The van der Waals surface area contributed by atoms with Crippen molar-refractivity contribution in [1.29, 1.82) is 0 Å². The number of carbonyl (C=O) groups excluding carboxylic acids is 2. The topological polar surface area (TPSA) is 40.6 Å². The van der Waals surface area contributed by atoms with E-state index < -0.39 is 0 Å². The van der Waals surface area contributed by atoms with Crippen LogP contribution in [0.15, 0.2) is 60.7 Å². The molecule has 160 valence electrons. The van der Waals surface area contributed by atoms with Crippen molar-refractivity contribution in [3.63, 3.8) is 0 Å². The molecule has 2 aromatic rings. The van der Waals surface area contributed by atoms with Crippen LogP contribution in [0.2, 0.25) is 0 Å². The molecule has 1 atom stereocenters. The lowest BCUT2D eigenvalue weighted by Crippen LogP contribution is -2.50. The Kier molecular flexibility index (Phi) is 8.38. The monoisotopic (exact) mass is 424 g/mol. The molecule has 1 fully saturated rings. The van der Waals surface area contributed by atoms with Gasteiger partial charge in [-0.1, -0.05) is 74.5 Å². The Bertz CT molecular complexity index is 808. The maximum Gasteiger partial charge on any atom is 0.246 e. The van der Waals surface area contributed by atoms with Gasteiger partial charge in [-0.2, -0.15) is 0 Å². The predicted molar refractivity (Wildman–Crippen MR) is 124 cm³/mol. The molecule has 4 nitrogen and oxygen atoms in total. The van der Waals surface area contributed by atoms with Crippen LogP contribution < -0.4 is 0 Å². The quantitative estimate of drug-likeness (QED) is 0.591. The molecule has 0 N–H and O–H groups in total. The molecule has 0 aliphatic carbocycles. The predicted octanol–water partition coefficient (Wildman–Crippen LogP) is 4.60. The summed E-state index contributed by atoms with van der Waals surface area (Å²) in [6.07, 6.45) is 2.44.